The molecule has 0 N–H and O–H groups in total. The van der Waals surface area contributed by atoms with Gasteiger partial charge in [-0.1, -0.05) is 0 Å². The molecule has 1 aliphatic rings. The number of aromatic nitrogens is 5. The number of hydrogen-bond donors (Lipinski definition) is 0. The molecule has 30 heavy (non-hydrogen) atoms. The number of halogens is 3. The van der Waals surface area contributed by atoms with Crippen LogP contribution in [0.1, 0.15) is 21.6 Å². The number of hydrogen-bond acceptors (Lipinski definition) is 4. The van der Waals surface area contributed by atoms with Crippen molar-refractivity contribution in [3.05, 3.63) is 71.1 Å². The third-order valence-electron chi connectivity index (χ3n) is 5.28. The first kappa shape index (κ1) is 18.3. The highest BCUT2D eigenvalue weighted by atomic mass is 19.2. The molecule has 0 fully saturated rings. The molecule has 10 heteroatoms. The van der Waals surface area contributed by atoms with E-state index in [1.807, 2.05) is 0 Å². The molecule has 1 amide bonds. The van der Waals surface area contributed by atoms with Crippen LogP contribution >= 0.6 is 0 Å². The molecule has 3 aromatic heterocycles. The second-order valence-electron chi connectivity index (χ2n) is 7.14. The maximum Gasteiger partial charge on any atom is 0.255 e. The molecule has 0 radical (unpaired) electrons. The van der Waals surface area contributed by atoms with E-state index in [9.17, 15) is 18.0 Å². The van der Waals surface area contributed by atoms with Gasteiger partial charge in [-0.25, -0.2) is 13.2 Å². The lowest BCUT2D eigenvalue weighted by molar-refractivity contribution is 0.0732. The van der Waals surface area contributed by atoms with E-state index in [0.29, 0.717) is 35.6 Å². The van der Waals surface area contributed by atoms with Crippen LogP contribution < -0.4 is 0 Å². The van der Waals surface area contributed by atoms with Crippen molar-refractivity contribution in [1.29, 1.82) is 0 Å². The number of fused-ring (bicyclic) bond motifs is 2. The van der Waals surface area contributed by atoms with E-state index in [1.54, 1.807) is 34.7 Å². The van der Waals surface area contributed by atoms with E-state index in [-0.39, 0.29) is 18.0 Å². The molecule has 7 nitrogen and oxygen atoms in total. The lowest BCUT2D eigenvalue weighted by atomic mass is 9.99. The standard InChI is InChI=1S/C20H15F3N6O/c1-27-19(12-6-14(21)18(23)15(22)7-12)13-4-5-28(9-16(13)26-27)20(30)11-2-3-17-25-24-10-29(17)8-11/h2-3,6-8,10H,4-5,9H2,1H3. The zero-order valence-electron chi connectivity index (χ0n) is 15.8. The molecule has 0 atom stereocenters. The molecule has 1 aromatic carbocycles. The fourth-order valence-corrected chi connectivity index (χ4v) is 3.88. The third-order valence-corrected chi connectivity index (χ3v) is 5.28. The number of nitrogens with zero attached hydrogens (tertiary/aromatic N) is 6. The predicted octanol–water partition coefficient (Wildman–Crippen LogP) is 2.75. The van der Waals surface area contributed by atoms with E-state index < -0.39 is 17.5 Å². The maximum atomic E-state index is 13.7. The quantitative estimate of drug-likeness (QED) is 0.475. The third kappa shape index (κ3) is 2.83. The highest BCUT2D eigenvalue weighted by Crippen LogP contribution is 2.32. The van der Waals surface area contributed by atoms with Crippen LogP contribution in [0.2, 0.25) is 0 Å². The number of benzene rings is 1. The van der Waals surface area contributed by atoms with Gasteiger partial charge in [-0.15, -0.1) is 10.2 Å². The zero-order chi connectivity index (χ0) is 21.0. The first-order chi connectivity index (χ1) is 14.4. The summed E-state index contributed by atoms with van der Waals surface area (Å²) in [6.07, 6.45) is 3.65. The Balaban J connectivity index is 1.46. The molecule has 5 rings (SSSR count). The Kier molecular flexibility index (Phi) is 4.09. The molecule has 4 aromatic rings. The Bertz CT molecular complexity index is 1290. The molecular formula is C20H15F3N6O. The van der Waals surface area contributed by atoms with E-state index in [2.05, 4.69) is 15.3 Å². The Morgan fingerprint density at radius 2 is 1.90 bits per heavy atom. The summed E-state index contributed by atoms with van der Waals surface area (Å²) in [5.74, 6) is -4.17. The van der Waals surface area contributed by atoms with Gasteiger partial charge in [0.1, 0.15) is 6.33 Å². The van der Waals surface area contributed by atoms with Gasteiger partial charge < -0.3 is 4.90 Å². The van der Waals surface area contributed by atoms with Crippen molar-refractivity contribution < 1.29 is 18.0 Å². The van der Waals surface area contributed by atoms with Crippen LogP contribution in [0.25, 0.3) is 16.9 Å². The highest BCUT2D eigenvalue weighted by molar-refractivity contribution is 5.94. The van der Waals surface area contributed by atoms with Crippen molar-refractivity contribution in [3.63, 3.8) is 0 Å². The molecule has 0 aliphatic carbocycles. The number of amides is 1. The first-order valence-corrected chi connectivity index (χ1v) is 9.20. The number of carbonyl (C=O) groups is 1. The fraction of sp³-hybridized carbons (Fsp3) is 0.200. The molecule has 1 aliphatic heterocycles. The van der Waals surface area contributed by atoms with Crippen molar-refractivity contribution in [2.24, 2.45) is 7.05 Å². The summed E-state index contributed by atoms with van der Waals surface area (Å²) in [6.45, 7) is 0.672. The number of pyridine rings is 1. The van der Waals surface area contributed by atoms with Crippen molar-refractivity contribution in [2.45, 2.75) is 13.0 Å². The van der Waals surface area contributed by atoms with Crippen LogP contribution in [-0.4, -0.2) is 41.7 Å². The highest BCUT2D eigenvalue weighted by Gasteiger charge is 2.28. The SMILES string of the molecule is Cn1nc2c(c1-c1cc(F)c(F)c(F)c1)CCN(C(=O)c1ccc3nncn3c1)C2. The Morgan fingerprint density at radius 1 is 1.13 bits per heavy atom. The minimum atomic E-state index is -1.50. The Hall–Kier alpha value is -3.69. The van der Waals surface area contributed by atoms with Crippen molar-refractivity contribution in [3.8, 4) is 11.3 Å². The van der Waals surface area contributed by atoms with E-state index in [0.717, 1.165) is 17.7 Å². The molecule has 0 unspecified atom stereocenters. The van der Waals surface area contributed by atoms with Crippen molar-refractivity contribution in [1.82, 2.24) is 29.3 Å². The second kappa shape index (κ2) is 6.68. The van der Waals surface area contributed by atoms with Crippen LogP contribution in [0.15, 0.2) is 36.8 Å². The average Bonchev–Trinajstić information content (AvgIpc) is 3.33. The first-order valence-electron chi connectivity index (χ1n) is 9.20. The summed E-state index contributed by atoms with van der Waals surface area (Å²) in [6, 6.07) is 5.32. The molecule has 4 heterocycles. The smallest absolute Gasteiger partial charge is 0.255 e. The lowest BCUT2D eigenvalue weighted by Crippen LogP contribution is -2.36. The lowest BCUT2D eigenvalue weighted by Gasteiger charge is -2.26. The fourth-order valence-electron chi connectivity index (χ4n) is 3.88. The van der Waals surface area contributed by atoms with Crippen LogP contribution in [0, 0.1) is 17.5 Å². The largest absolute Gasteiger partial charge is 0.332 e. The topological polar surface area (TPSA) is 68.3 Å². The summed E-state index contributed by atoms with van der Waals surface area (Å²) < 4.78 is 44.0. The van der Waals surface area contributed by atoms with Crippen LogP contribution in [-0.2, 0) is 20.0 Å². The van der Waals surface area contributed by atoms with Gasteiger partial charge in [0.15, 0.2) is 23.1 Å². The number of carbonyl (C=O) groups excluding carboxylic acids is 1. The molecule has 0 spiro atoms. The minimum Gasteiger partial charge on any atom is -0.332 e. The monoisotopic (exact) mass is 412 g/mol. The van der Waals surface area contributed by atoms with Gasteiger partial charge in [0.25, 0.3) is 5.91 Å². The summed E-state index contributed by atoms with van der Waals surface area (Å²) in [7, 11) is 1.65. The van der Waals surface area contributed by atoms with E-state index in [4.69, 9.17) is 0 Å². The molecule has 0 saturated heterocycles. The van der Waals surface area contributed by atoms with Crippen LogP contribution in [0.5, 0.6) is 0 Å². The molecule has 0 saturated carbocycles. The van der Waals surface area contributed by atoms with Gasteiger partial charge >= 0.3 is 0 Å². The number of aryl methyl sites for hydroxylation is 1. The number of rotatable bonds is 2. The van der Waals surface area contributed by atoms with Gasteiger partial charge in [0.2, 0.25) is 0 Å². The predicted molar refractivity (Wildman–Crippen MR) is 99.9 cm³/mol. The normalized spacial score (nSPS) is 13.7. The van der Waals surface area contributed by atoms with Gasteiger partial charge in [-0.05, 0) is 30.7 Å². The maximum absolute atomic E-state index is 13.7. The van der Waals surface area contributed by atoms with E-state index >= 15 is 0 Å². The van der Waals surface area contributed by atoms with Gasteiger partial charge in [-0.2, -0.15) is 5.10 Å². The van der Waals surface area contributed by atoms with Gasteiger partial charge in [0.05, 0.1) is 23.5 Å². The van der Waals surface area contributed by atoms with E-state index in [1.165, 1.54) is 11.0 Å². The van der Waals surface area contributed by atoms with Crippen LogP contribution in [0.3, 0.4) is 0 Å². The van der Waals surface area contributed by atoms with Crippen LogP contribution in [0.4, 0.5) is 13.2 Å². The average molecular weight is 412 g/mol. The van der Waals surface area contributed by atoms with Gasteiger partial charge in [-0.3, -0.25) is 13.9 Å². The summed E-state index contributed by atoms with van der Waals surface area (Å²) in [5.41, 5.74) is 3.29. The van der Waals surface area contributed by atoms with Crippen molar-refractivity contribution in [2.75, 3.05) is 6.54 Å². The molecular weight excluding hydrogens is 397 g/mol. The minimum absolute atomic E-state index is 0.165. The van der Waals surface area contributed by atoms with Gasteiger partial charge in [0, 0.05) is 30.9 Å². The van der Waals surface area contributed by atoms with Crippen molar-refractivity contribution >= 4 is 11.6 Å². The summed E-state index contributed by atoms with van der Waals surface area (Å²) >= 11 is 0. The zero-order valence-corrected chi connectivity index (χ0v) is 15.8. The summed E-state index contributed by atoms with van der Waals surface area (Å²) in [4.78, 5) is 14.6. The molecule has 0 bridgehead atoms. The summed E-state index contributed by atoms with van der Waals surface area (Å²) in [5, 5.41) is 12.2. The second-order valence-corrected chi connectivity index (χ2v) is 7.14. The Morgan fingerprint density at radius 3 is 2.67 bits per heavy atom. The Labute approximate surface area is 168 Å². The molecule has 152 valence electrons.